The molecule has 20 heavy (non-hydrogen) atoms. The van der Waals surface area contributed by atoms with E-state index in [1.165, 1.54) is 18.2 Å². The Balaban J connectivity index is 0.00000200. The smallest absolute Gasteiger partial charge is 0.274 e. The van der Waals surface area contributed by atoms with Gasteiger partial charge in [-0.05, 0) is 30.9 Å². The van der Waals surface area contributed by atoms with E-state index in [4.69, 9.17) is 5.73 Å². The number of nitrogens with zero attached hydrogens (tertiary/aromatic N) is 1. The Kier molecular flexibility index (Phi) is 5.74. The van der Waals surface area contributed by atoms with Crippen LogP contribution in [-0.2, 0) is 0 Å². The van der Waals surface area contributed by atoms with Crippen molar-refractivity contribution >= 4 is 18.1 Å². The molecule has 0 spiro atoms. The second kappa shape index (κ2) is 6.88. The van der Waals surface area contributed by atoms with Crippen LogP contribution in [0.5, 0.6) is 5.75 Å². The van der Waals surface area contributed by atoms with E-state index in [2.05, 4.69) is 0 Å². The molecule has 0 bridgehead atoms. The first-order valence-electron chi connectivity index (χ1n) is 6.41. The van der Waals surface area contributed by atoms with E-state index in [9.17, 15) is 20.3 Å². The number of aliphatic hydroxyl groups is 1. The number of phenolic OH excluding ortho intramolecular Hbond substituents is 1. The number of aliphatic hydroxyl groups excluding tert-OH is 1. The van der Waals surface area contributed by atoms with Crippen molar-refractivity contribution in [2.24, 2.45) is 11.7 Å². The number of nitro benzene ring substituents is 1. The molecule has 1 fully saturated rings. The summed E-state index contributed by atoms with van der Waals surface area (Å²) in [6.07, 6.45) is 3.07. The lowest BCUT2D eigenvalue weighted by atomic mass is 9.90. The number of hydrogen-bond acceptors (Lipinski definition) is 5. The van der Waals surface area contributed by atoms with Gasteiger partial charge in [0.15, 0.2) is 0 Å². The van der Waals surface area contributed by atoms with Crippen molar-refractivity contribution in [2.75, 3.05) is 0 Å². The predicted octanol–water partition coefficient (Wildman–Crippen LogP) is 2.27. The maximum absolute atomic E-state index is 11.0. The molecule has 0 aromatic heterocycles. The minimum Gasteiger partial charge on any atom is -0.508 e. The van der Waals surface area contributed by atoms with Crippen molar-refractivity contribution in [3.8, 4) is 5.75 Å². The minimum atomic E-state index is -0.851. The van der Waals surface area contributed by atoms with Crippen LogP contribution < -0.4 is 5.73 Å². The molecule has 112 valence electrons. The van der Waals surface area contributed by atoms with Crippen molar-refractivity contribution in [2.45, 2.75) is 37.8 Å². The topological polar surface area (TPSA) is 110 Å². The Bertz CT molecular complexity index is 477. The van der Waals surface area contributed by atoms with Crippen molar-refractivity contribution in [3.05, 3.63) is 33.9 Å². The highest BCUT2D eigenvalue weighted by Gasteiger charge is 2.32. The summed E-state index contributed by atoms with van der Waals surface area (Å²) in [5.41, 5.74) is 5.98. The predicted molar refractivity (Wildman–Crippen MR) is 76.9 cm³/mol. The number of nitrogens with two attached hydrogens (primary N) is 1. The highest BCUT2D eigenvalue weighted by molar-refractivity contribution is 5.85. The van der Waals surface area contributed by atoms with Gasteiger partial charge in [0.25, 0.3) is 5.69 Å². The molecule has 4 N–H and O–H groups in total. The fourth-order valence-corrected chi connectivity index (χ4v) is 2.75. The van der Waals surface area contributed by atoms with Crippen molar-refractivity contribution < 1.29 is 15.1 Å². The van der Waals surface area contributed by atoms with E-state index in [1.807, 2.05) is 0 Å². The third-order valence-electron chi connectivity index (χ3n) is 3.82. The van der Waals surface area contributed by atoms with E-state index in [0.717, 1.165) is 25.7 Å². The lowest BCUT2D eigenvalue weighted by Gasteiger charge is -2.24. The van der Waals surface area contributed by atoms with Crippen molar-refractivity contribution in [1.29, 1.82) is 0 Å². The molecular weight excluding hydrogens is 284 g/mol. The Labute approximate surface area is 123 Å². The molecule has 7 heteroatoms. The molecule has 1 aromatic carbocycles. The summed E-state index contributed by atoms with van der Waals surface area (Å²) < 4.78 is 0. The lowest BCUT2D eigenvalue weighted by Crippen LogP contribution is -2.32. The molecule has 0 saturated heterocycles. The van der Waals surface area contributed by atoms with E-state index in [1.54, 1.807) is 0 Å². The van der Waals surface area contributed by atoms with Crippen LogP contribution in [0.2, 0.25) is 0 Å². The molecule has 1 saturated carbocycles. The van der Waals surface area contributed by atoms with Gasteiger partial charge in [-0.2, -0.15) is 0 Å². The van der Waals surface area contributed by atoms with Crippen LogP contribution in [0.3, 0.4) is 0 Å². The third-order valence-corrected chi connectivity index (χ3v) is 3.82. The maximum Gasteiger partial charge on any atom is 0.274 e. The molecule has 6 nitrogen and oxygen atoms in total. The fraction of sp³-hybridized carbons (Fsp3) is 0.538. The van der Waals surface area contributed by atoms with Crippen LogP contribution in [-0.4, -0.2) is 21.2 Å². The number of benzene rings is 1. The SMILES string of the molecule is Cl.N[C@H](c1cc(O)ccc1[N+](=O)[O-])[C@@H](O)C1CCCC1. The quantitative estimate of drug-likeness (QED) is 0.584. The molecule has 0 radical (unpaired) electrons. The first-order chi connectivity index (χ1) is 9.00. The minimum absolute atomic E-state index is 0. The average Bonchev–Trinajstić information content (AvgIpc) is 2.90. The van der Waals surface area contributed by atoms with E-state index < -0.39 is 17.1 Å². The lowest BCUT2D eigenvalue weighted by molar-refractivity contribution is -0.385. The van der Waals surface area contributed by atoms with Crippen LogP contribution in [0, 0.1) is 16.0 Å². The van der Waals surface area contributed by atoms with Gasteiger partial charge in [-0.25, -0.2) is 0 Å². The van der Waals surface area contributed by atoms with Crippen LogP contribution in [0.4, 0.5) is 5.69 Å². The largest absolute Gasteiger partial charge is 0.508 e. The van der Waals surface area contributed by atoms with E-state index in [-0.39, 0.29) is 35.3 Å². The number of phenols is 1. The van der Waals surface area contributed by atoms with E-state index >= 15 is 0 Å². The van der Waals surface area contributed by atoms with Crippen LogP contribution in [0.25, 0.3) is 0 Å². The van der Waals surface area contributed by atoms with Gasteiger partial charge in [0, 0.05) is 6.07 Å². The molecule has 0 amide bonds. The van der Waals surface area contributed by atoms with Gasteiger partial charge in [0.05, 0.1) is 22.6 Å². The number of aromatic hydroxyl groups is 1. The van der Waals surface area contributed by atoms with Crippen LogP contribution in [0.15, 0.2) is 18.2 Å². The molecule has 2 rings (SSSR count). The van der Waals surface area contributed by atoms with Gasteiger partial charge < -0.3 is 15.9 Å². The molecule has 1 aliphatic rings. The highest BCUT2D eigenvalue weighted by Crippen LogP contribution is 2.36. The van der Waals surface area contributed by atoms with Gasteiger partial charge in [-0.1, -0.05) is 12.8 Å². The number of nitro groups is 1. The molecule has 0 unspecified atom stereocenters. The standard InChI is InChI=1S/C13H18N2O4.ClH/c14-12(13(17)8-3-1-2-4-8)10-7-9(16)5-6-11(10)15(18)19;/h5-8,12-13,16-17H,1-4,14H2;1H/t12-,13+;/m1./s1. The summed E-state index contributed by atoms with van der Waals surface area (Å²) in [7, 11) is 0. The van der Waals surface area contributed by atoms with Gasteiger partial charge in [0.2, 0.25) is 0 Å². The molecule has 0 heterocycles. The number of rotatable bonds is 4. The molecule has 2 atom stereocenters. The third kappa shape index (κ3) is 3.39. The fourth-order valence-electron chi connectivity index (χ4n) is 2.75. The van der Waals surface area contributed by atoms with Crippen molar-refractivity contribution in [3.63, 3.8) is 0 Å². The van der Waals surface area contributed by atoms with Crippen LogP contribution in [0.1, 0.15) is 37.3 Å². The van der Waals surface area contributed by atoms with Gasteiger partial charge in [0.1, 0.15) is 5.75 Å². The summed E-state index contributed by atoms with van der Waals surface area (Å²) in [5.74, 6) is -0.00775. The molecule has 1 aliphatic carbocycles. The van der Waals surface area contributed by atoms with Gasteiger partial charge >= 0.3 is 0 Å². The highest BCUT2D eigenvalue weighted by atomic mass is 35.5. The zero-order chi connectivity index (χ0) is 14.0. The zero-order valence-corrected chi connectivity index (χ0v) is 11.8. The first-order valence-corrected chi connectivity index (χ1v) is 6.41. The van der Waals surface area contributed by atoms with Gasteiger partial charge in [-0.15, -0.1) is 12.4 Å². The Hall–Kier alpha value is -1.37. The number of hydrogen-bond donors (Lipinski definition) is 3. The summed E-state index contributed by atoms with van der Waals surface area (Å²) in [4.78, 5) is 10.4. The van der Waals surface area contributed by atoms with E-state index in [0.29, 0.717) is 0 Å². The first kappa shape index (κ1) is 16.7. The van der Waals surface area contributed by atoms with Crippen molar-refractivity contribution in [1.82, 2.24) is 0 Å². The molecule has 1 aromatic rings. The second-order valence-corrected chi connectivity index (χ2v) is 5.06. The second-order valence-electron chi connectivity index (χ2n) is 5.06. The Morgan fingerprint density at radius 3 is 2.50 bits per heavy atom. The zero-order valence-electron chi connectivity index (χ0n) is 10.9. The Morgan fingerprint density at radius 1 is 1.35 bits per heavy atom. The molecular formula is C13H19ClN2O4. The molecule has 0 aliphatic heterocycles. The maximum atomic E-state index is 11.0. The Morgan fingerprint density at radius 2 is 1.95 bits per heavy atom. The van der Waals surface area contributed by atoms with Crippen LogP contribution >= 0.6 is 12.4 Å². The summed E-state index contributed by atoms with van der Waals surface area (Å²) in [6, 6.07) is 2.87. The monoisotopic (exact) mass is 302 g/mol. The summed E-state index contributed by atoms with van der Waals surface area (Å²) >= 11 is 0. The summed E-state index contributed by atoms with van der Waals surface area (Å²) in [5, 5.41) is 30.7. The summed E-state index contributed by atoms with van der Waals surface area (Å²) in [6.45, 7) is 0. The van der Waals surface area contributed by atoms with Gasteiger partial charge in [-0.3, -0.25) is 10.1 Å². The normalized spacial score (nSPS) is 18.3. The number of halogens is 1. The average molecular weight is 303 g/mol.